The lowest BCUT2D eigenvalue weighted by Gasteiger charge is -1.96. The standard InChI is InChI=1S/C13H17ClO/c1-15-11-5-3-2-4-6-12-7-9-13(14)10-8-12/h4,6-10H,2-3,5,11H2,1H3/b6-4+. The fraction of sp³-hybridized carbons (Fsp3) is 0.385. The van der Waals surface area contributed by atoms with Gasteiger partial charge in [0.1, 0.15) is 0 Å². The molecular weight excluding hydrogens is 208 g/mol. The van der Waals surface area contributed by atoms with Crippen LogP contribution in [0.15, 0.2) is 30.3 Å². The van der Waals surface area contributed by atoms with E-state index in [1.807, 2.05) is 24.3 Å². The van der Waals surface area contributed by atoms with Gasteiger partial charge in [-0.1, -0.05) is 35.9 Å². The van der Waals surface area contributed by atoms with Gasteiger partial charge in [-0.2, -0.15) is 0 Å². The molecule has 0 amide bonds. The Labute approximate surface area is 96.7 Å². The number of unbranched alkanes of at least 4 members (excludes halogenated alkanes) is 2. The topological polar surface area (TPSA) is 9.23 Å². The van der Waals surface area contributed by atoms with Crippen LogP contribution in [0.1, 0.15) is 24.8 Å². The summed E-state index contributed by atoms with van der Waals surface area (Å²) < 4.78 is 4.98. The molecule has 0 N–H and O–H groups in total. The minimum absolute atomic E-state index is 0.784. The van der Waals surface area contributed by atoms with E-state index in [2.05, 4.69) is 12.2 Å². The predicted molar refractivity (Wildman–Crippen MR) is 66.2 cm³/mol. The first-order valence-electron chi connectivity index (χ1n) is 5.24. The average molecular weight is 225 g/mol. The van der Waals surface area contributed by atoms with Crippen molar-refractivity contribution in [1.82, 2.24) is 0 Å². The fourth-order valence-corrected chi connectivity index (χ4v) is 1.43. The van der Waals surface area contributed by atoms with Crippen LogP contribution in [0.4, 0.5) is 0 Å². The van der Waals surface area contributed by atoms with Crippen molar-refractivity contribution in [2.75, 3.05) is 13.7 Å². The molecule has 2 heteroatoms. The maximum atomic E-state index is 5.79. The molecule has 0 radical (unpaired) electrons. The number of benzene rings is 1. The fourth-order valence-electron chi connectivity index (χ4n) is 1.30. The number of rotatable bonds is 6. The van der Waals surface area contributed by atoms with Gasteiger partial charge in [-0.05, 0) is 37.0 Å². The normalized spacial score (nSPS) is 11.1. The summed E-state index contributed by atoms with van der Waals surface area (Å²) in [6.07, 6.45) is 7.73. The van der Waals surface area contributed by atoms with Crippen LogP contribution in [0, 0.1) is 0 Å². The first kappa shape index (κ1) is 12.3. The summed E-state index contributed by atoms with van der Waals surface area (Å²) in [5.74, 6) is 0. The summed E-state index contributed by atoms with van der Waals surface area (Å²) in [4.78, 5) is 0. The smallest absolute Gasteiger partial charge is 0.0462 e. The highest BCUT2D eigenvalue weighted by Gasteiger charge is 1.88. The summed E-state index contributed by atoms with van der Waals surface area (Å²) in [5.41, 5.74) is 1.20. The van der Waals surface area contributed by atoms with E-state index >= 15 is 0 Å². The Morgan fingerprint density at radius 2 is 1.93 bits per heavy atom. The number of methoxy groups -OCH3 is 1. The number of allylic oxidation sites excluding steroid dienone is 1. The Kier molecular flexibility index (Phi) is 6.14. The molecule has 0 aliphatic carbocycles. The van der Waals surface area contributed by atoms with Gasteiger partial charge in [-0.15, -0.1) is 0 Å². The summed E-state index contributed by atoms with van der Waals surface area (Å²) >= 11 is 5.79. The highest BCUT2D eigenvalue weighted by molar-refractivity contribution is 6.30. The molecule has 0 bridgehead atoms. The van der Waals surface area contributed by atoms with E-state index in [0.29, 0.717) is 0 Å². The molecule has 1 rings (SSSR count). The van der Waals surface area contributed by atoms with E-state index in [-0.39, 0.29) is 0 Å². The van der Waals surface area contributed by atoms with Crippen LogP contribution in [0.5, 0.6) is 0 Å². The largest absolute Gasteiger partial charge is 0.385 e. The number of hydrogen-bond donors (Lipinski definition) is 0. The first-order valence-corrected chi connectivity index (χ1v) is 5.62. The average Bonchev–Trinajstić information content (AvgIpc) is 2.26. The molecule has 0 aliphatic rings. The molecular formula is C13H17ClO. The second-order valence-electron chi connectivity index (χ2n) is 3.44. The predicted octanol–water partition coefficient (Wildman–Crippen LogP) is 4.17. The van der Waals surface area contributed by atoms with Crippen molar-refractivity contribution in [2.24, 2.45) is 0 Å². The van der Waals surface area contributed by atoms with Gasteiger partial charge >= 0.3 is 0 Å². The molecule has 0 unspecified atom stereocenters. The van der Waals surface area contributed by atoms with Crippen LogP contribution in [0.25, 0.3) is 6.08 Å². The Morgan fingerprint density at radius 3 is 2.60 bits per heavy atom. The van der Waals surface area contributed by atoms with Crippen molar-refractivity contribution >= 4 is 17.7 Å². The Balaban J connectivity index is 2.23. The zero-order valence-corrected chi connectivity index (χ0v) is 9.83. The minimum atomic E-state index is 0.784. The highest BCUT2D eigenvalue weighted by Crippen LogP contribution is 2.11. The van der Waals surface area contributed by atoms with Gasteiger partial charge in [0.2, 0.25) is 0 Å². The van der Waals surface area contributed by atoms with Crippen molar-refractivity contribution in [3.05, 3.63) is 40.9 Å². The van der Waals surface area contributed by atoms with Crippen LogP contribution in [0.2, 0.25) is 5.02 Å². The molecule has 0 saturated heterocycles. The third kappa shape index (κ3) is 5.60. The van der Waals surface area contributed by atoms with Crippen LogP contribution in [-0.4, -0.2) is 13.7 Å². The molecule has 0 aromatic heterocycles. The second kappa shape index (κ2) is 7.49. The first-order chi connectivity index (χ1) is 7.33. The molecule has 15 heavy (non-hydrogen) atoms. The third-order valence-corrected chi connectivity index (χ3v) is 2.40. The lowest BCUT2D eigenvalue weighted by atomic mass is 10.1. The molecule has 0 fully saturated rings. The maximum Gasteiger partial charge on any atom is 0.0462 e. The van der Waals surface area contributed by atoms with E-state index in [1.165, 1.54) is 12.0 Å². The van der Waals surface area contributed by atoms with E-state index in [1.54, 1.807) is 7.11 Å². The zero-order valence-electron chi connectivity index (χ0n) is 9.08. The van der Waals surface area contributed by atoms with Gasteiger partial charge in [0, 0.05) is 18.7 Å². The van der Waals surface area contributed by atoms with Crippen LogP contribution in [0.3, 0.4) is 0 Å². The highest BCUT2D eigenvalue weighted by atomic mass is 35.5. The monoisotopic (exact) mass is 224 g/mol. The van der Waals surface area contributed by atoms with E-state index < -0.39 is 0 Å². The second-order valence-corrected chi connectivity index (χ2v) is 3.88. The van der Waals surface area contributed by atoms with Crippen molar-refractivity contribution in [3.63, 3.8) is 0 Å². The van der Waals surface area contributed by atoms with Gasteiger partial charge in [-0.3, -0.25) is 0 Å². The van der Waals surface area contributed by atoms with Crippen LogP contribution in [-0.2, 0) is 4.74 Å². The van der Waals surface area contributed by atoms with Crippen molar-refractivity contribution in [2.45, 2.75) is 19.3 Å². The number of halogens is 1. The molecule has 1 nitrogen and oxygen atoms in total. The van der Waals surface area contributed by atoms with E-state index in [9.17, 15) is 0 Å². The van der Waals surface area contributed by atoms with Gasteiger partial charge in [0.05, 0.1) is 0 Å². The van der Waals surface area contributed by atoms with Crippen LogP contribution >= 0.6 is 11.6 Å². The quantitative estimate of drug-likeness (QED) is 0.659. The van der Waals surface area contributed by atoms with Crippen molar-refractivity contribution in [1.29, 1.82) is 0 Å². The summed E-state index contributed by atoms with van der Waals surface area (Å²) in [7, 11) is 1.74. The molecule has 82 valence electrons. The Hall–Kier alpha value is -0.790. The maximum absolute atomic E-state index is 5.79. The zero-order chi connectivity index (χ0) is 10.9. The molecule has 0 heterocycles. The van der Waals surface area contributed by atoms with Gasteiger partial charge in [-0.25, -0.2) is 0 Å². The summed E-state index contributed by atoms with van der Waals surface area (Å²) in [5, 5.41) is 0.784. The van der Waals surface area contributed by atoms with Gasteiger partial charge in [0.15, 0.2) is 0 Å². The Morgan fingerprint density at radius 1 is 1.20 bits per heavy atom. The summed E-state index contributed by atoms with van der Waals surface area (Å²) in [6, 6.07) is 7.86. The minimum Gasteiger partial charge on any atom is -0.385 e. The third-order valence-electron chi connectivity index (χ3n) is 2.15. The molecule has 0 aliphatic heterocycles. The SMILES string of the molecule is COCCCC/C=C/c1ccc(Cl)cc1. The van der Waals surface area contributed by atoms with Gasteiger partial charge in [0.25, 0.3) is 0 Å². The van der Waals surface area contributed by atoms with E-state index in [0.717, 1.165) is 24.5 Å². The number of ether oxygens (including phenoxy) is 1. The lowest BCUT2D eigenvalue weighted by molar-refractivity contribution is 0.193. The van der Waals surface area contributed by atoms with Crippen molar-refractivity contribution in [3.8, 4) is 0 Å². The van der Waals surface area contributed by atoms with E-state index in [4.69, 9.17) is 16.3 Å². The van der Waals surface area contributed by atoms with Gasteiger partial charge < -0.3 is 4.74 Å². The Bertz CT molecular complexity index is 290. The lowest BCUT2D eigenvalue weighted by Crippen LogP contribution is -1.86. The number of hydrogen-bond acceptors (Lipinski definition) is 1. The molecule has 1 aromatic carbocycles. The van der Waals surface area contributed by atoms with Crippen molar-refractivity contribution < 1.29 is 4.74 Å². The molecule has 1 aromatic rings. The molecule has 0 atom stereocenters. The van der Waals surface area contributed by atoms with Crippen LogP contribution < -0.4 is 0 Å². The molecule has 0 spiro atoms. The molecule has 0 saturated carbocycles. The summed E-state index contributed by atoms with van der Waals surface area (Å²) in [6.45, 7) is 0.856.